The van der Waals surface area contributed by atoms with E-state index in [2.05, 4.69) is 30.8 Å². The second kappa shape index (κ2) is 5.88. The molecule has 1 N–H and O–H groups in total. The molecule has 0 radical (unpaired) electrons. The largest absolute Gasteiger partial charge is 0.339 e. The van der Waals surface area contributed by atoms with Gasteiger partial charge in [-0.1, -0.05) is 6.08 Å². The van der Waals surface area contributed by atoms with Crippen molar-refractivity contribution < 1.29 is 4.79 Å². The topological polar surface area (TPSA) is 35.6 Å². The van der Waals surface area contributed by atoms with Gasteiger partial charge in [-0.05, 0) is 14.0 Å². The average molecular weight is 211 g/mol. The van der Waals surface area contributed by atoms with Crippen molar-refractivity contribution >= 4 is 5.91 Å². The van der Waals surface area contributed by atoms with E-state index in [1.54, 1.807) is 6.08 Å². The van der Waals surface area contributed by atoms with Gasteiger partial charge in [0.1, 0.15) is 0 Å². The molecule has 0 aliphatic carbocycles. The average Bonchev–Trinajstić information content (AvgIpc) is 2.22. The summed E-state index contributed by atoms with van der Waals surface area (Å²) in [4.78, 5) is 15.9. The summed E-state index contributed by atoms with van der Waals surface area (Å²) in [6, 6.07) is 0.460. The quantitative estimate of drug-likeness (QED) is 0.522. The van der Waals surface area contributed by atoms with Crippen LogP contribution in [-0.4, -0.2) is 61.5 Å². The maximum absolute atomic E-state index is 11.7. The van der Waals surface area contributed by atoms with Gasteiger partial charge in [-0.3, -0.25) is 4.79 Å². The van der Waals surface area contributed by atoms with Gasteiger partial charge >= 0.3 is 0 Å². The van der Waals surface area contributed by atoms with Crippen LogP contribution in [0.1, 0.15) is 6.92 Å². The second-order valence-electron chi connectivity index (χ2n) is 4.09. The summed E-state index contributed by atoms with van der Waals surface area (Å²) in [5, 5.41) is 3.04. The lowest BCUT2D eigenvalue weighted by Gasteiger charge is -2.37. The zero-order valence-corrected chi connectivity index (χ0v) is 9.70. The summed E-state index contributed by atoms with van der Waals surface area (Å²) in [6.07, 6.45) is 1.76. The Morgan fingerprint density at radius 1 is 1.60 bits per heavy atom. The van der Waals surface area contributed by atoms with E-state index in [1.165, 1.54) is 0 Å². The van der Waals surface area contributed by atoms with E-state index < -0.39 is 0 Å². The third kappa shape index (κ3) is 3.64. The van der Waals surface area contributed by atoms with Crippen molar-refractivity contribution in [2.24, 2.45) is 0 Å². The number of rotatable bonds is 4. The van der Waals surface area contributed by atoms with E-state index >= 15 is 0 Å². The Bertz CT molecular complexity index is 230. The molecule has 1 saturated heterocycles. The molecule has 1 aliphatic heterocycles. The molecule has 1 fully saturated rings. The minimum atomic E-state index is 0.191. The molecular formula is C11H21N3O. The van der Waals surface area contributed by atoms with Gasteiger partial charge in [-0.15, -0.1) is 6.58 Å². The van der Waals surface area contributed by atoms with Gasteiger partial charge in [0.05, 0.1) is 6.54 Å². The van der Waals surface area contributed by atoms with E-state index in [-0.39, 0.29) is 5.91 Å². The molecule has 1 rings (SSSR count). The molecule has 0 aromatic heterocycles. The highest BCUT2D eigenvalue weighted by atomic mass is 16.2. The van der Waals surface area contributed by atoms with Crippen molar-refractivity contribution in [3.63, 3.8) is 0 Å². The molecule has 4 nitrogen and oxygen atoms in total. The molecule has 1 aliphatic rings. The van der Waals surface area contributed by atoms with E-state index in [1.807, 2.05) is 4.90 Å². The summed E-state index contributed by atoms with van der Waals surface area (Å²) in [7, 11) is 2.10. The summed E-state index contributed by atoms with van der Waals surface area (Å²) in [6.45, 7) is 9.50. The zero-order valence-electron chi connectivity index (χ0n) is 9.70. The number of hydrogen-bond acceptors (Lipinski definition) is 3. The highest BCUT2D eigenvalue weighted by Crippen LogP contribution is 2.06. The molecule has 1 unspecified atom stereocenters. The highest BCUT2D eigenvalue weighted by molar-refractivity contribution is 5.78. The molecule has 0 aromatic carbocycles. The number of nitrogens with one attached hydrogen (secondary N) is 1. The van der Waals surface area contributed by atoms with Crippen LogP contribution in [0.15, 0.2) is 12.7 Å². The summed E-state index contributed by atoms with van der Waals surface area (Å²) >= 11 is 0. The predicted molar refractivity (Wildman–Crippen MR) is 61.7 cm³/mol. The Morgan fingerprint density at radius 2 is 2.33 bits per heavy atom. The fourth-order valence-corrected chi connectivity index (χ4v) is 1.67. The third-order valence-electron chi connectivity index (χ3n) is 2.88. The van der Waals surface area contributed by atoms with Crippen molar-refractivity contribution in [2.75, 3.05) is 39.8 Å². The normalized spacial score (nSPS) is 22.8. The van der Waals surface area contributed by atoms with Crippen LogP contribution in [0.4, 0.5) is 0 Å². The van der Waals surface area contributed by atoms with Gasteiger partial charge in [0.15, 0.2) is 0 Å². The van der Waals surface area contributed by atoms with Crippen LogP contribution in [0.25, 0.3) is 0 Å². The smallest absolute Gasteiger partial charge is 0.236 e. The van der Waals surface area contributed by atoms with Crippen molar-refractivity contribution in [3.8, 4) is 0 Å². The molecule has 1 amide bonds. The maximum atomic E-state index is 11.7. The highest BCUT2D eigenvalue weighted by Gasteiger charge is 2.23. The van der Waals surface area contributed by atoms with E-state index in [9.17, 15) is 4.79 Å². The Morgan fingerprint density at radius 3 is 2.93 bits per heavy atom. The van der Waals surface area contributed by atoms with Crippen LogP contribution in [0.2, 0.25) is 0 Å². The van der Waals surface area contributed by atoms with E-state index in [0.717, 1.165) is 19.6 Å². The molecular weight excluding hydrogens is 190 g/mol. The lowest BCUT2D eigenvalue weighted by Crippen LogP contribution is -2.53. The number of nitrogens with zero attached hydrogens (tertiary/aromatic N) is 2. The lowest BCUT2D eigenvalue weighted by molar-refractivity contribution is -0.132. The van der Waals surface area contributed by atoms with Crippen molar-refractivity contribution in [2.45, 2.75) is 13.0 Å². The molecule has 1 atom stereocenters. The first-order valence-corrected chi connectivity index (χ1v) is 5.44. The Hall–Kier alpha value is -0.870. The Balaban J connectivity index is 2.30. The lowest BCUT2D eigenvalue weighted by atomic mass is 10.2. The number of amides is 1. The fourth-order valence-electron chi connectivity index (χ4n) is 1.67. The molecule has 15 heavy (non-hydrogen) atoms. The molecule has 0 spiro atoms. The van der Waals surface area contributed by atoms with Crippen LogP contribution in [-0.2, 0) is 4.79 Å². The fraction of sp³-hybridized carbons (Fsp3) is 0.727. The molecule has 1 heterocycles. The number of likely N-dealkylation sites (N-methyl/N-ethyl adjacent to an activating group) is 1. The predicted octanol–water partition coefficient (Wildman–Crippen LogP) is -0.0755. The third-order valence-corrected chi connectivity index (χ3v) is 2.88. The molecule has 0 saturated carbocycles. The van der Waals surface area contributed by atoms with E-state index in [0.29, 0.717) is 19.1 Å². The number of carbonyl (C=O) groups excluding carboxylic acids is 1. The standard InChI is InChI=1S/C11H21N3O/c1-4-5-12-8-11(15)14-7-6-13(3)10(2)9-14/h4,10,12H,1,5-9H2,2-3H3. The van der Waals surface area contributed by atoms with Gasteiger partial charge in [0.25, 0.3) is 0 Å². The van der Waals surface area contributed by atoms with Crippen LogP contribution < -0.4 is 5.32 Å². The van der Waals surface area contributed by atoms with Crippen LogP contribution in [0, 0.1) is 0 Å². The van der Waals surface area contributed by atoms with Gasteiger partial charge in [-0.2, -0.15) is 0 Å². The second-order valence-corrected chi connectivity index (χ2v) is 4.09. The maximum Gasteiger partial charge on any atom is 0.236 e. The molecule has 86 valence electrons. The number of carbonyl (C=O) groups is 1. The van der Waals surface area contributed by atoms with Gasteiger partial charge in [0.2, 0.25) is 5.91 Å². The van der Waals surface area contributed by atoms with Crippen molar-refractivity contribution in [1.82, 2.24) is 15.1 Å². The van der Waals surface area contributed by atoms with Crippen LogP contribution in [0.3, 0.4) is 0 Å². The van der Waals surface area contributed by atoms with Crippen LogP contribution >= 0.6 is 0 Å². The van der Waals surface area contributed by atoms with E-state index in [4.69, 9.17) is 0 Å². The van der Waals surface area contributed by atoms with Gasteiger partial charge in [-0.25, -0.2) is 0 Å². The molecule has 0 bridgehead atoms. The summed E-state index contributed by atoms with van der Waals surface area (Å²) in [5.41, 5.74) is 0. The monoisotopic (exact) mass is 211 g/mol. The Kier molecular flexibility index (Phi) is 4.78. The molecule has 4 heteroatoms. The first kappa shape index (κ1) is 12.2. The van der Waals surface area contributed by atoms with Crippen molar-refractivity contribution in [3.05, 3.63) is 12.7 Å². The minimum absolute atomic E-state index is 0.191. The number of hydrogen-bond donors (Lipinski definition) is 1. The number of piperazine rings is 1. The summed E-state index contributed by atoms with van der Waals surface area (Å²) < 4.78 is 0. The zero-order chi connectivity index (χ0) is 11.3. The van der Waals surface area contributed by atoms with Gasteiger partial charge < -0.3 is 15.1 Å². The first-order chi connectivity index (χ1) is 7.15. The SMILES string of the molecule is C=CCNCC(=O)N1CCN(C)C(C)C1. The van der Waals surface area contributed by atoms with Gasteiger partial charge in [0, 0.05) is 32.2 Å². The first-order valence-electron chi connectivity index (χ1n) is 5.44. The molecule has 0 aromatic rings. The Labute approximate surface area is 91.9 Å². The minimum Gasteiger partial charge on any atom is -0.339 e. The van der Waals surface area contributed by atoms with Crippen molar-refractivity contribution in [1.29, 1.82) is 0 Å². The van der Waals surface area contributed by atoms with Crippen LogP contribution in [0.5, 0.6) is 0 Å². The summed E-state index contributed by atoms with van der Waals surface area (Å²) in [5.74, 6) is 0.191.